The summed E-state index contributed by atoms with van der Waals surface area (Å²) in [7, 11) is 0. The molecular weight excluding hydrogens is 550 g/mol. The van der Waals surface area contributed by atoms with Crippen LogP contribution < -0.4 is 14.8 Å². The third kappa shape index (κ3) is 6.46. The summed E-state index contributed by atoms with van der Waals surface area (Å²) >= 11 is 25.9. The Labute approximate surface area is 227 Å². The SMILES string of the molecule is CCOc1cc(/C=C2/SC(=Nc3cccc(Cl)c3Cl)NC2=O)cc(Cl)c1OCc1ccc(Cl)cc1. The van der Waals surface area contributed by atoms with E-state index in [9.17, 15) is 4.79 Å². The normalized spacial score (nSPS) is 15.5. The Morgan fingerprint density at radius 2 is 1.77 bits per heavy atom. The Morgan fingerprint density at radius 1 is 1.00 bits per heavy atom. The van der Waals surface area contributed by atoms with Crippen LogP contribution >= 0.6 is 58.2 Å². The van der Waals surface area contributed by atoms with Crippen LogP contribution in [0.15, 0.2) is 64.5 Å². The minimum Gasteiger partial charge on any atom is -0.490 e. The zero-order chi connectivity index (χ0) is 24.9. The minimum atomic E-state index is -0.288. The maximum atomic E-state index is 12.5. The number of amides is 1. The number of rotatable bonds is 7. The summed E-state index contributed by atoms with van der Waals surface area (Å²) in [6.07, 6.45) is 1.71. The zero-order valence-corrected chi connectivity index (χ0v) is 22.1. The highest BCUT2D eigenvalue weighted by atomic mass is 35.5. The molecule has 0 aromatic heterocycles. The molecule has 35 heavy (non-hydrogen) atoms. The van der Waals surface area contributed by atoms with Crippen molar-refractivity contribution in [2.24, 2.45) is 4.99 Å². The lowest BCUT2D eigenvalue weighted by Gasteiger charge is -2.15. The van der Waals surface area contributed by atoms with Crippen molar-refractivity contribution in [1.82, 2.24) is 5.32 Å². The molecule has 0 atom stereocenters. The fourth-order valence-electron chi connectivity index (χ4n) is 3.13. The van der Waals surface area contributed by atoms with Crippen molar-refractivity contribution >= 4 is 81.0 Å². The van der Waals surface area contributed by atoms with Gasteiger partial charge in [-0.1, -0.05) is 64.6 Å². The lowest BCUT2D eigenvalue weighted by molar-refractivity contribution is -0.115. The van der Waals surface area contributed by atoms with E-state index < -0.39 is 0 Å². The van der Waals surface area contributed by atoms with Crippen molar-refractivity contribution in [3.63, 3.8) is 0 Å². The largest absolute Gasteiger partial charge is 0.490 e. The number of carbonyl (C=O) groups excluding carboxylic acids is 1. The Kier molecular flexibility index (Phi) is 8.52. The van der Waals surface area contributed by atoms with Gasteiger partial charge in [-0.05, 0) is 72.3 Å². The fourth-order valence-corrected chi connectivity index (χ4v) is 4.70. The van der Waals surface area contributed by atoms with Crippen LogP contribution in [-0.2, 0) is 11.4 Å². The van der Waals surface area contributed by atoms with E-state index in [2.05, 4.69) is 10.3 Å². The average molecular weight is 568 g/mol. The quantitative estimate of drug-likeness (QED) is 0.292. The van der Waals surface area contributed by atoms with E-state index in [0.717, 1.165) is 5.56 Å². The number of amidine groups is 1. The molecule has 4 rings (SSSR count). The van der Waals surface area contributed by atoms with Crippen LogP contribution in [0.5, 0.6) is 11.5 Å². The third-order valence-corrected chi connectivity index (χ3v) is 6.98. The Bertz CT molecular complexity index is 1330. The van der Waals surface area contributed by atoms with E-state index >= 15 is 0 Å². The van der Waals surface area contributed by atoms with E-state index in [-0.39, 0.29) is 5.91 Å². The highest BCUT2D eigenvalue weighted by Gasteiger charge is 2.25. The summed E-state index contributed by atoms with van der Waals surface area (Å²) in [6, 6.07) is 15.9. The number of halogens is 4. The molecule has 1 N–H and O–H groups in total. The van der Waals surface area contributed by atoms with E-state index in [1.54, 1.807) is 48.5 Å². The molecule has 10 heteroatoms. The summed E-state index contributed by atoms with van der Waals surface area (Å²) in [5.74, 6) is 0.611. The number of nitrogens with one attached hydrogen (secondary N) is 1. The van der Waals surface area contributed by atoms with Gasteiger partial charge in [-0.2, -0.15) is 0 Å². The predicted octanol–water partition coefficient (Wildman–Crippen LogP) is 8.17. The topological polar surface area (TPSA) is 59.9 Å². The second-order valence-corrected chi connectivity index (χ2v) is 9.89. The van der Waals surface area contributed by atoms with Gasteiger partial charge in [0.2, 0.25) is 0 Å². The van der Waals surface area contributed by atoms with Crippen LogP contribution in [0.3, 0.4) is 0 Å². The van der Waals surface area contributed by atoms with E-state index in [1.165, 1.54) is 11.8 Å². The van der Waals surface area contributed by atoms with Gasteiger partial charge in [0.1, 0.15) is 6.61 Å². The average Bonchev–Trinajstić information content (AvgIpc) is 3.16. The van der Waals surface area contributed by atoms with Crippen LogP contribution in [0.2, 0.25) is 20.1 Å². The lowest BCUT2D eigenvalue weighted by Crippen LogP contribution is -2.19. The van der Waals surface area contributed by atoms with Gasteiger partial charge >= 0.3 is 0 Å². The Hall–Kier alpha value is -2.35. The van der Waals surface area contributed by atoms with Crippen LogP contribution in [0.4, 0.5) is 5.69 Å². The van der Waals surface area contributed by atoms with E-state index in [0.29, 0.717) is 66.1 Å². The van der Waals surface area contributed by atoms with Crippen LogP contribution in [-0.4, -0.2) is 17.7 Å². The molecular formula is C25H18Cl4N2O3S. The van der Waals surface area contributed by atoms with Crippen LogP contribution in [0.1, 0.15) is 18.1 Å². The van der Waals surface area contributed by atoms with Gasteiger partial charge in [-0.15, -0.1) is 0 Å². The molecule has 0 unspecified atom stereocenters. The predicted molar refractivity (Wildman–Crippen MR) is 146 cm³/mol. The molecule has 3 aromatic carbocycles. The Morgan fingerprint density at radius 3 is 2.51 bits per heavy atom. The molecule has 0 bridgehead atoms. The molecule has 5 nitrogen and oxygen atoms in total. The molecule has 1 aliphatic heterocycles. The summed E-state index contributed by atoms with van der Waals surface area (Å²) in [6.45, 7) is 2.58. The zero-order valence-electron chi connectivity index (χ0n) is 18.3. The standard InChI is InChI=1S/C25H18Cl4N2O3S/c1-2-33-20-11-15(10-18(28)23(20)34-13-14-6-8-16(26)9-7-14)12-21-24(32)31-25(35-21)30-19-5-3-4-17(27)22(19)29/h3-12H,2,13H2,1H3,(H,30,31,32)/b21-12+. The summed E-state index contributed by atoms with van der Waals surface area (Å²) in [5.41, 5.74) is 2.08. The number of nitrogens with zero attached hydrogens (tertiary/aromatic N) is 1. The summed E-state index contributed by atoms with van der Waals surface area (Å²) in [5, 5.41) is 4.84. The maximum Gasteiger partial charge on any atom is 0.264 e. The molecule has 0 aliphatic carbocycles. The highest BCUT2D eigenvalue weighted by molar-refractivity contribution is 8.18. The van der Waals surface area contributed by atoms with E-state index in [4.69, 9.17) is 55.9 Å². The minimum absolute atomic E-state index is 0.288. The number of ether oxygens (including phenoxy) is 2. The van der Waals surface area contributed by atoms with Gasteiger partial charge in [0.05, 0.1) is 32.3 Å². The molecule has 3 aromatic rings. The first-order valence-corrected chi connectivity index (χ1v) is 12.7. The van der Waals surface area contributed by atoms with Gasteiger partial charge in [0.25, 0.3) is 5.91 Å². The van der Waals surface area contributed by atoms with Gasteiger partial charge in [0, 0.05) is 5.02 Å². The van der Waals surface area contributed by atoms with E-state index in [1.807, 2.05) is 19.1 Å². The first-order chi connectivity index (χ1) is 16.8. The maximum absolute atomic E-state index is 12.5. The van der Waals surface area contributed by atoms with Crippen molar-refractivity contribution in [2.45, 2.75) is 13.5 Å². The van der Waals surface area contributed by atoms with Gasteiger partial charge < -0.3 is 14.8 Å². The first-order valence-electron chi connectivity index (χ1n) is 10.4. The molecule has 1 aliphatic rings. The highest BCUT2D eigenvalue weighted by Crippen LogP contribution is 2.39. The second-order valence-electron chi connectivity index (χ2n) is 7.23. The molecule has 0 radical (unpaired) electrons. The van der Waals surface area contributed by atoms with Gasteiger partial charge in [-0.25, -0.2) is 4.99 Å². The summed E-state index contributed by atoms with van der Waals surface area (Å²) in [4.78, 5) is 17.4. The number of hydrogen-bond acceptors (Lipinski definition) is 5. The monoisotopic (exact) mass is 566 g/mol. The van der Waals surface area contributed by atoms with Crippen molar-refractivity contribution in [3.05, 3.63) is 90.7 Å². The van der Waals surface area contributed by atoms with Crippen LogP contribution in [0, 0.1) is 0 Å². The Balaban J connectivity index is 1.56. The number of carbonyl (C=O) groups is 1. The summed E-state index contributed by atoms with van der Waals surface area (Å²) < 4.78 is 11.7. The van der Waals surface area contributed by atoms with Crippen molar-refractivity contribution in [3.8, 4) is 11.5 Å². The molecule has 1 amide bonds. The van der Waals surface area contributed by atoms with Crippen molar-refractivity contribution in [2.75, 3.05) is 6.61 Å². The molecule has 0 saturated carbocycles. The van der Waals surface area contributed by atoms with Crippen LogP contribution in [0.25, 0.3) is 6.08 Å². The lowest BCUT2D eigenvalue weighted by atomic mass is 10.1. The number of benzene rings is 3. The molecule has 0 spiro atoms. The molecule has 1 fully saturated rings. The van der Waals surface area contributed by atoms with Gasteiger partial charge in [0.15, 0.2) is 16.7 Å². The molecule has 180 valence electrons. The smallest absolute Gasteiger partial charge is 0.264 e. The third-order valence-electron chi connectivity index (χ3n) is 4.73. The first kappa shape index (κ1) is 25.7. The fraction of sp³-hybridized carbons (Fsp3) is 0.120. The molecule has 1 heterocycles. The molecule has 1 saturated heterocycles. The number of aliphatic imine (C=N–C) groups is 1. The number of thioether (sulfide) groups is 1. The second kappa shape index (κ2) is 11.6. The van der Waals surface area contributed by atoms with Crippen molar-refractivity contribution < 1.29 is 14.3 Å². The van der Waals surface area contributed by atoms with Crippen molar-refractivity contribution in [1.29, 1.82) is 0 Å². The number of hydrogen-bond donors (Lipinski definition) is 1. The van der Waals surface area contributed by atoms with Gasteiger partial charge in [-0.3, -0.25) is 4.79 Å².